The molecular weight excluding hydrogens is 202 g/mol. The summed E-state index contributed by atoms with van der Waals surface area (Å²) in [6.07, 6.45) is 2.15. The fraction of sp³-hybridized carbons (Fsp3) is 0.429. The lowest BCUT2D eigenvalue weighted by Gasteiger charge is -1.94. The Kier molecular flexibility index (Phi) is 2.68. The first-order valence-corrected chi connectivity index (χ1v) is 4.97. The van der Waals surface area contributed by atoms with E-state index in [4.69, 9.17) is 0 Å². The summed E-state index contributed by atoms with van der Waals surface area (Å²) in [6, 6.07) is 0. The molecule has 6 nitrogen and oxygen atoms in total. The standard InChI is InChI=1S/C7H9N5OS/c1-2-5-10-7(14-12-5)8-3-6-9-4-13-11-6/h4H,2-3H2,1H3,(H,8,10,12). The Morgan fingerprint density at radius 2 is 2.43 bits per heavy atom. The summed E-state index contributed by atoms with van der Waals surface area (Å²) >= 11 is 1.34. The lowest BCUT2D eigenvalue weighted by Crippen LogP contribution is -2.00. The van der Waals surface area contributed by atoms with Gasteiger partial charge in [-0.1, -0.05) is 12.1 Å². The maximum atomic E-state index is 4.60. The zero-order valence-electron chi connectivity index (χ0n) is 7.60. The number of aromatic nitrogens is 4. The van der Waals surface area contributed by atoms with Crippen LogP contribution in [0.2, 0.25) is 0 Å². The SMILES string of the molecule is CCc1nsc(NCc2ncon2)n1. The van der Waals surface area contributed by atoms with E-state index in [1.165, 1.54) is 17.9 Å². The predicted molar refractivity (Wildman–Crippen MR) is 50.9 cm³/mol. The molecule has 2 rings (SSSR count). The largest absolute Gasteiger partial charge is 0.353 e. The monoisotopic (exact) mass is 211 g/mol. The molecule has 0 fully saturated rings. The highest BCUT2D eigenvalue weighted by Crippen LogP contribution is 2.11. The van der Waals surface area contributed by atoms with Gasteiger partial charge >= 0.3 is 0 Å². The van der Waals surface area contributed by atoms with E-state index in [-0.39, 0.29) is 0 Å². The lowest BCUT2D eigenvalue weighted by atomic mass is 10.5. The summed E-state index contributed by atoms with van der Waals surface area (Å²) in [5.41, 5.74) is 0. The quantitative estimate of drug-likeness (QED) is 0.815. The Bertz CT molecular complexity index is 384. The number of aryl methyl sites for hydroxylation is 1. The smallest absolute Gasteiger partial charge is 0.213 e. The van der Waals surface area contributed by atoms with Gasteiger partial charge in [-0.15, -0.1) is 0 Å². The van der Waals surface area contributed by atoms with Gasteiger partial charge in [0.15, 0.2) is 5.82 Å². The molecule has 2 aromatic heterocycles. The van der Waals surface area contributed by atoms with E-state index in [0.717, 1.165) is 17.4 Å². The van der Waals surface area contributed by atoms with Crippen LogP contribution in [0.1, 0.15) is 18.6 Å². The van der Waals surface area contributed by atoms with Gasteiger partial charge in [-0.3, -0.25) is 0 Å². The minimum atomic E-state index is 0.509. The highest BCUT2D eigenvalue weighted by Gasteiger charge is 2.03. The zero-order valence-corrected chi connectivity index (χ0v) is 8.41. The highest BCUT2D eigenvalue weighted by atomic mass is 32.1. The first-order chi connectivity index (χ1) is 6.88. The third-order valence-corrected chi connectivity index (χ3v) is 2.30. The molecule has 0 aliphatic heterocycles. The Hall–Kier alpha value is -1.50. The molecule has 2 heterocycles. The fourth-order valence-electron chi connectivity index (χ4n) is 0.894. The molecular formula is C7H9N5OS. The van der Waals surface area contributed by atoms with Gasteiger partial charge in [0.05, 0.1) is 6.54 Å². The predicted octanol–water partition coefficient (Wildman–Crippen LogP) is 1.10. The van der Waals surface area contributed by atoms with Crippen LogP contribution in [0.5, 0.6) is 0 Å². The van der Waals surface area contributed by atoms with E-state index in [1.54, 1.807) is 0 Å². The Labute approximate surface area is 84.5 Å². The third-order valence-electron chi connectivity index (χ3n) is 1.59. The normalized spacial score (nSPS) is 10.4. The molecule has 0 bridgehead atoms. The van der Waals surface area contributed by atoms with Crippen molar-refractivity contribution in [2.45, 2.75) is 19.9 Å². The average molecular weight is 211 g/mol. The molecule has 0 radical (unpaired) electrons. The number of nitrogens with one attached hydrogen (secondary N) is 1. The zero-order chi connectivity index (χ0) is 9.80. The van der Waals surface area contributed by atoms with E-state index in [9.17, 15) is 0 Å². The first kappa shape index (κ1) is 9.07. The minimum Gasteiger partial charge on any atom is -0.353 e. The highest BCUT2D eigenvalue weighted by molar-refractivity contribution is 7.09. The van der Waals surface area contributed by atoms with Crippen LogP contribution in [0.25, 0.3) is 0 Å². The van der Waals surface area contributed by atoms with Gasteiger partial charge in [-0.2, -0.15) is 9.36 Å². The summed E-state index contributed by atoms with van der Waals surface area (Å²) in [5, 5.41) is 7.51. The number of hydrogen-bond donors (Lipinski definition) is 1. The van der Waals surface area contributed by atoms with E-state index >= 15 is 0 Å². The molecule has 14 heavy (non-hydrogen) atoms. The van der Waals surface area contributed by atoms with Crippen LogP contribution in [0, 0.1) is 0 Å². The topological polar surface area (TPSA) is 76.7 Å². The van der Waals surface area contributed by atoms with Crippen molar-refractivity contribution in [3.63, 3.8) is 0 Å². The van der Waals surface area contributed by atoms with Crippen LogP contribution in [-0.4, -0.2) is 19.5 Å². The van der Waals surface area contributed by atoms with Gasteiger partial charge in [0.2, 0.25) is 11.5 Å². The average Bonchev–Trinajstić information content (AvgIpc) is 2.86. The first-order valence-electron chi connectivity index (χ1n) is 4.20. The second-order valence-electron chi connectivity index (χ2n) is 2.57. The van der Waals surface area contributed by atoms with E-state index in [1.807, 2.05) is 6.92 Å². The number of rotatable bonds is 4. The molecule has 0 spiro atoms. The van der Waals surface area contributed by atoms with Crippen LogP contribution >= 0.6 is 11.5 Å². The van der Waals surface area contributed by atoms with Gasteiger partial charge in [-0.25, -0.2) is 4.98 Å². The van der Waals surface area contributed by atoms with Gasteiger partial charge in [0.1, 0.15) is 5.82 Å². The van der Waals surface area contributed by atoms with Gasteiger partial charge in [-0.05, 0) is 0 Å². The van der Waals surface area contributed by atoms with Crippen molar-refractivity contribution < 1.29 is 4.52 Å². The molecule has 0 saturated carbocycles. The summed E-state index contributed by atoms with van der Waals surface area (Å²) < 4.78 is 8.73. The number of hydrogen-bond acceptors (Lipinski definition) is 7. The van der Waals surface area contributed by atoms with E-state index < -0.39 is 0 Å². The van der Waals surface area contributed by atoms with Gasteiger partial charge in [0.25, 0.3) is 0 Å². The Balaban J connectivity index is 1.92. The molecule has 0 atom stereocenters. The summed E-state index contributed by atoms with van der Waals surface area (Å²) in [6.45, 7) is 2.53. The van der Waals surface area contributed by atoms with E-state index in [0.29, 0.717) is 12.4 Å². The van der Waals surface area contributed by atoms with Gasteiger partial charge < -0.3 is 9.84 Å². The lowest BCUT2D eigenvalue weighted by molar-refractivity contribution is 0.411. The van der Waals surface area contributed by atoms with Gasteiger partial charge in [0, 0.05) is 18.0 Å². The maximum absolute atomic E-state index is 4.60. The van der Waals surface area contributed by atoms with Crippen molar-refractivity contribution in [1.29, 1.82) is 0 Å². The molecule has 0 aliphatic rings. The van der Waals surface area contributed by atoms with Crippen LogP contribution in [0.4, 0.5) is 5.13 Å². The van der Waals surface area contributed by atoms with Crippen molar-refractivity contribution in [2.24, 2.45) is 0 Å². The summed E-state index contributed by atoms with van der Waals surface area (Å²) in [5.74, 6) is 1.46. The second kappa shape index (κ2) is 4.14. The Morgan fingerprint density at radius 1 is 1.50 bits per heavy atom. The summed E-state index contributed by atoms with van der Waals surface area (Å²) in [7, 11) is 0. The van der Waals surface area contributed by atoms with E-state index in [2.05, 4.69) is 29.3 Å². The van der Waals surface area contributed by atoms with Crippen molar-refractivity contribution in [1.82, 2.24) is 19.5 Å². The van der Waals surface area contributed by atoms with Crippen LogP contribution in [-0.2, 0) is 13.0 Å². The maximum Gasteiger partial charge on any atom is 0.213 e. The second-order valence-corrected chi connectivity index (χ2v) is 3.32. The molecule has 7 heteroatoms. The van der Waals surface area contributed by atoms with Crippen molar-refractivity contribution in [3.05, 3.63) is 18.0 Å². The molecule has 2 aromatic rings. The molecule has 0 aromatic carbocycles. The number of anilines is 1. The molecule has 0 saturated heterocycles. The van der Waals surface area contributed by atoms with Crippen molar-refractivity contribution in [2.75, 3.05) is 5.32 Å². The molecule has 74 valence electrons. The van der Waals surface area contributed by atoms with Crippen LogP contribution in [0.15, 0.2) is 10.9 Å². The minimum absolute atomic E-state index is 0.509. The molecule has 0 amide bonds. The third kappa shape index (κ3) is 2.05. The van der Waals surface area contributed by atoms with Crippen molar-refractivity contribution >= 4 is 16.7 Å². The van der Waals surface area contributed by atoms with Crippen LogP contribution < -0.4 is 5.32 Å². The fourth-order valence-corrected chi connectivity index (χ4v) is 1.54. The summed E-state index contributed by atoms with van der Waals surface area (Å²) in [4.78, 5) is 8.11. The molecule has 0 unspecified atom stereocenters. The van der Waals surface area contributed by atoms with Crippen LogP contribution in [0.3, 0.4) is 0 Å². The number of nitrogens with zero attached hydrogens (tertiary/aromatic N) is 4. The molecule has 1 N–H and O–H groups in total. The molecule has 0 aliphatic carbocycles. The van der Waals surface area contributed by atoms with Crippen molar-refractivity contribution in [3.8, 4) is 0 Å². The Morgan fingerprint density at radius 3 is 3.07 bits per heavy atom.